The van der Waals surface area contributed by atoms with Gasteiger partial charge in [0.25, 0.3) is 5.91 Å². The minimum Gasteiger partial charge on any atom is -0.451 e. The molecule has 3 rings (SSSR count). The van der Waals surface area contributed by atoms with Crippen molar-refractivity contribution in [3.05, 3.63) is 35.6 Å². The number of nitrogens with one attached hydrogen (secondary N) is 1. The summed E-state index contributed by atoms with van der Waals surface area (Å²) in [6, 6.07) is 5.12. The summed E-state index contributed by atoms with van der Waals surface area (Å²) in [6.45, 7) is 3.66. The minimum atomic E-state index is -0.975. The third-order valence-corrected chi connectivity index (χ3v) is 6.26. The summed E-state index contributed by atoms with van der Waals surface area (Å²) in [5.41, 5.74) is 0.740. The number of halogens is 1. The van der Waals surface area contributed by atoms with Crippen LogP contribution in [0, 0.1) is 5.82 Å². The molecule has 0 unspecified atom stereocenters. The number of fused-ring (bicyclic) bond motifs is 1. The maximum absolute atomic E-state index is 12.9. The Hall–Kier alpha value is -2.09. The molecule has 26 heavy (non-hydrogen) atoms. The maximum Gasteiger partial charge on any atom is 0.330 e. The van der Waals surface area contributed by atoms with Gasteiger partial charge in [-0.3, -0.25) is 9.59 Å². The third-order valence-electron chi connectivity index (χ3n) is 4.76. The lowest BCUT2D eigenvalue weighted by Crippen LogP contribution is -2.48. The molecule has 2 aliphatic rings. The Morgan fingerprint density at radius 2 is 2.12 bits per heavy atom. The number of carbonyl (C=O) groups excluding carboxylic acids is 3. The number of nitrogens with zero attached hydrogens (tertiary/aromatic N) is 1. The molecule has 2 amide bonds. The molecular weight excluding hydrogens is 359 g/mol. The number of esters is 1. The van der Waals surface area contributed by atoms with E-state index in [1.54, 1.807) is 28.8 Å². The van der Waals surface area contributed by atoms with Gasteiger partial charge in [0.2, 0.25) is 5.91 Å². The molecule has 0 aromatic heterocycles. The Kier molecular flexibility index (Phi) is 5.22. The summed E-state index contributed by atoms with van der Waals surface area (Å²) in [5, 5.41) is 2.65. The number of hydrogen-bond acceptors (Lipinski definition) is 5. The number of rotatable bonds is 5. The summed E-state index contributed by atoms with van der Waals surface area (Å²) in [4.78, 5) is 37.9. The van der Waals surface area contributed by atoms with Crippen LogP contribution in [-0.4, -0.2) is 45.5 Å². The zero-order chi connectivity index (χ0) is 18.9. The fraction of sp³-hybridized carbons (Fsp3) is 0.500. The van der Waals surface area contributed by atoms with E-state index in [1.165, 1.54) is 19.1 Å². The van der Waals surface area contributed by atoms with Crippen molar-refractivity contribution in [2.75, 3.05) is 5.75 Å². The van der Waals surface area contributed by atoms with E-state index in [4.69, 9.17) is 4.74 Å². The minimum absolute atomic E-state index is 0.0483. The van der Waals surface area contributed by atoms with Crippen molar-refractivity contribution in [3.8, 4) is 0 Å². The molecule has 6 nitrogen and oxygen atoms in total. The Bertz CT molecular complexity index is 726. The molecule has 1 aromatic carbocycles. The lowest BCUT2D eigenvalue weighted by Gasteiger charge is -2.29. The lowest BCUT2D eigenvalue weighted by atomic mass is 10.2. The van der Waals surface area contributed by atoms with Gasteiger partial charge >= 0.3 is 5.97 Å². The van der Waals surface area contributed by atoms with Gasteiger partial charge in [0.05, 0.1) is 4.87 Å². The predicted octanol–water partition coefficient (Wildman–Crippen LogP) is 1.83. The highest BCUT2D eigenvalue weighted by Crippen LogP contribution is 2.47. The van der Waals surface area contributed by atoms with Gasteiger partial charge in [-0.1, -0.05) is 12.1 Å². The van der Waals surface area contributed by atoms with Gasteiger partial charge in [0.1, 0.15) is 11.9 Å². The average Bonchev–Trinajstić information content (AvgIpc) is 3.10. The fourth-order valence-corrected chi connectivity index (χ4v) is 4.65. The van der Waals surface area contributed by atoms with Crippen molar-refractivity contribution in [3.63, 3.8) is 0 Å². The smallest absolute Gasteiger partial charge is 0.330 e. The quantitative estimate of drug-likeness (QED) is 0.789. The highest BCUT2D eigenvalue weighted by atomic mass is 32.2. The maximum atomic E-state index is 12.9. The van der Waals surface area contributed by atoms with Crippen LogP contribution in [0.4, 0.5) is 4.39 Å². The number of benzene rings is 1. The molecule has 0 bridgehead atoms. The molecule has 2 heterocycles. The zero-order valence-corrected chi connectivity index (χ0v) is 15.5. The van der Waals surface area contributed by atoms with Gasteiger partial charge in [-0.2, -0.15) is 0 Å². The van der Waals surface area contributed by atoms with Crippen LogP contribution in [0.5, 0.6) is 0 Å². The van der Waals surface area contributed by atoms with Gasteiger partial charge in [-0.25, -0.2) is 9.18 Å². The first-order valence-electron chi connectivity index (χ1n) is 8.49. The van der Waals surface area contributed by atoms with Crippen LogP contribution in [0.25, 0.3) is 0 Å². The van der Waals surface area contributed by atoms with E-state index in [0.717, 1.165) is 5.56 Å². The number of thioether (sulfide) groups is 1. The average molecular weight is 380 g/mol. The summed E-state index contributed by atoms with van der Waals surface area (Å²) < 4.78 is 18.2. The van der Waals surface area contributed by atoms with Crippen LogP contribution in [0.2, 0.25) is 0 Å². The van der Waals surface area contributed by atoms with Crippen LogP contribution in [0.15, 0.2) is 24.3 Å². The van der Waals surface area contributed by atoms with E-state index < -0.39 is 24.0 Å². The van der Waals surface area contributed by atoms with Crippen LogP contribution >= 0.6 is 11.8 Å². The Morgan fingerprint density at radius 3 is 2.81 bits per heavy atom. The summed E-state index contributed by atoms with van der Waals surface area (Å²) in [5.74, 6) is -0.914. The third kappa shape index (κ3) is 3.70. The second-order valence-corrected chi connectivity index (χ2v) is 8.19. The van der Waals surface area contributed by atoms with Gasteiger partial charge in [-0.15, -0.1) is 11.8 Å². The number of ether oxygens (including phenoxy) is 1. The highest BCUT2D eigenvalue weighted by molar-refractivity contribution is 8.01. The Labute approximate surface area is 155 Å². The van der Waals surface area contributed by atoms with Crippen LogP contribution in [0.3, 0.4) is 0 Å². The molecule has 0 spiro atoms. The lowest BCUT2D eigenvalue weighted by molar-refractivity contribution is -0.161. The molecule has 8 heteroatoms. The van der Waals surface area contributed by atoms with E-state index in [-0.39, 0.29) is 23.1 Å². The van der Waals surface area contributed by atoms with Crippen molar-refractivity contribution in [2.45, 2.75) is 50.3 Å². The first-order chi connectivity index (χ1) is 12.3. The van der Waals surface area contributed by atoms with Gasteiger partial charge < -0.3 is 15.0 Å². The molecule has 3 atom stereocenters. The van der Waals surface area contributed by atoms with Crippen LogP contribution < -0.4 is 5.32 Å². The van der Waals surface area contributed by atoms with Crippen molar-refractivity contribution >= 4 is 29.5 Å². The van der Waals surface area contributed by atoms with Gasteiger partial charge in [0, 0.05) is 18.7 Å². The second-order valence-electron chi connectivity index (χ2n) is 6.69. The molecule has 0 aliphatic carbocycles. The molecular formula is C18H21FN2O4S. The van der Waals surface area contributed by atoms with Crippen molar-refractivity contribution in [1.29, 1.82) is 0 Å². The molecule has 0 saturated carbocycles. The van der Waals surface area contributed by atoms with Crippen LogP contribution in [-0.2, 0) is 25.7 Å². The van der Waals surface area contributed by atoms with Gasteiger partial charge in [-0.05, 0) is 38.0 Å². The topological polar surface area (TPSA) is 75.7 Å². The Balaban J connectivity index is 1.53. The summed E-state index contributed by atoms with van der Waals surface area (Å²) in [7, 11) is 0. The molecule has 2 saturated heterocycles. The SMILES string of the molecule is C[C@H](OC(=O)[C@H]1CS[C@@]2(C)CCC(=O)N12)C(=O)NCc1ccc(F)cc1. The number of carbonyl (C=O) groups is 3. The second kappa shape index (κ2) is 7.26. The van der Waals surface area contributed by atoms with E-state index in [0.29, 0.717) is 18.6 Å². The molecule has 1 N–H and O–H groups in total. The van der Waals surface area contributed by atoms with E-state index in [2.05, 4.69) is 5.32 Å². The molecule has 1 aromatic rings. The molecule has 2 aliphatic heterocycles. The normalized spacial score (nSPS) is 25.7. The van der Waals surface area contributed by atoms with Gasteiger partial charge in [0.15, 0.2) is 6.10 Å². The highest BCUT2D eigenvalue weighted by Gasteiger charge is 2.53. The predicted molar refractivity (Wildman–Crippen MR) is 94.5 cm³/mol. The Morgan fingerprint density at radius 1 is 1.42 bits per heavy atom. The van der Waals surface area contributed by atoms with Crippen molar-refractivity contribution < 1.29 is 23.5 Å². The fourth-order valence-electron chi connectivity index (χ4n) is 3.24. The van der Waals surface area contributed by atoms with Crippen molar-refractivity contribution in [2.24, 2.45) is 0 Å². The molecule has 140 valence electrons. The van der Waals surface area contributed by atoms with E-state index in [1.807, 2.05) is 6.92 Å². The monoisotopic (exact) mass is 380 g/mol. The van der Waals surface area contributed by atoms with E-state index >= 15 is 0 Å². The largest absolute Gasteiger partial charge is 0.451 e. The first-order valence-corrected chi connectivity index (χ1v) is 9.47. The number of hydrogen-bond donors (Lipinski definition) is 1. The molecule has 2 fully saturated rings. The zero-order valence-electron chi connectivity index (χ0n) is 14.7. The van der Waals surface area contributed by atoms with E-state index in [9.17, 15) is 18.8 Å². The standard InChI is InChI=1S/C18H21FN2O4S/c1-11(16(23)20-9-12-3-5-13(19)6-4-12)25-17(24)14-10-26-18(2)8-7-15(22)21(14)18/h3-6,11,14H,7-10H2,1-2H3,(H,20,23)/t11-,14+,18-/m0/s1. The molecule has 0 radical (unpaired) electrons. The van der Waals surface area contributed by atoms with Crippen LogP contribution in [0.1, 0.15) is 32.3 Å². The number of amides is 2. The summed E-state index contributed by atoms with van der Waals surface area (Å²) >= 11 is 1.57. The first kappa shape index (κ1) is 18.7. The summed E-state index contributed by atoms with van der Waals surface area (Å²) in [6.07, 6.45) is 0.173. The van der Waals surface area contributed by atoms with Crippen molar-refractivity contribution in [1.82, 2.24) is 10.2 Å².